The van der Waals surface area contributed by atoms with Crippen molar-refractivity contribution in [2.45, 2.75) is 33.1 Å². The summed E-state index contributed by atoms with van der Waals surface area (Å²) in [5, 5.41) is 12.9. The number of nitrogens with zero attached hydrogens (tertiary/aromatic N) is 1. The Morgan fingerprint density at radius 3 is 2.62 bits per heavy atom. The van der Waals surface area contributed by atoms with E-state index >= 15 is 0 Å². The molecule has 2 amide bonds. The van der Waals surface area contributed by atoms with Crippen LogP contribution in [0.15, 0.2) is 18.2 Å². The summed E-state index contributed by atoms with van der Waals surface area (Å²) in [6.45, 7) is 5.59. The Hall–Kier alpha value is -1.26. The number of likely N-dealkylation sites (tertiary alicyclic amines) is 1. The number of piperidine rings is 1. The van der Waals surface area contributed by atoms with E-state index in [1.54, 1.807) is 4.90 Å². The van der Waals surface area contributed by atoms with Gasteiger partial charge in [-0.05, 0) is 49.3 Å². The molecule has 2 N–H and O–H groups in total. The van der Waals surface area contributed by atoms with Crippen molar-refractivity contribution in [3.8, 4) is 0 Å². The fraction of sp³-hybridized carbons (Fsp3) is 0.562. The molecule has 1 aliphatic rings. The number of carbonyl (C=O) groups is 1. The topological polar surface area (TPSA) is 52.6 Å². The monoisotopic (exact) mass is 310 g/mol. The van der Waals surface area contributed by atoms with Crippen molar-refractivity contribution in [3.63, 3.8) is 0 Å². The average Bonchev–Trinajstić information content (AvgIpc) is 2.50. The first-order valence-corrected chi connectivity index (χ1v) is 7.80. The van der Waals surface area contributed by atoms with Crippen molar-refractivity contribution >= 4 is 23.3 Å². The maximum absolute atomic E-state index is 12.3. The highest BCUT2D eigenvalue weighted by Gasteiger charge is 2.33. The Morgan fingerprint density at radius 1 is 1.43 bits per heavy atom. The minimum Gasteiger partial charge on any atom is -0.396 e. The van der Waals surface area contributed by atoms with Gasteiger partial charge in [-0.2, -0.15) is 0 Å². The molecule has 0 unspecified atom stereocenters. The third-order valence-electron chi connectivity index (χ3n) is 4.56. The van der Waals surface area contributed by atoms with E-state index in [-0.39, 0.29) is 18.1 Å². The van der Waals surface area contributed by atoms with Gasteiger partial charge in [-0.25, -0.2) is 4.79 Å². The first-order chi connectivity index (χ1) is 9.99. The Bertz CT molecular complexity index is 505. The van der Waals surface area contributed by atoms with Gasteiger partial charge in [0.2, 0.25) is 0 Å². The zero-order chi connectivity index (χ0) is 15.5. The van der Waals surface area contributed by atoms with Crippen LogP contribution in [0.25, 0.3) is 0 Å². The van der Waals surface area contributed by atoms with Crippen molar-refractivity contribution in [2.75, 3.05) is 25.0 Å². The Labute approximate surface area is 131 Å². The van der Waals surface area contributed by atoms with Gasteiger partial charge in [-0.3, -0.25) is 0 Å². The van der Waals surface area contributed by atoms with Crippen molar-refractivity contribution in [3.05, 3.63) is 28.8 Å². The summed E-state index contributed by atoms with van der Waals surface area (Å²) in [5.41, 5.74) is 1.69. The number of aliphatic hydroxyl groups is 1. The number of aliphatic hydroxyl groups excluding tert-OH is 1. The fourth-order valence-corrected chi connectivity index (χ4v) is 3.01. The molecule has 116 valence electrons. The summed E-state index contributed by atoms with van der Waals surface area (Å²) >= 11 is 6.14. The quantitative estimate of drug-likeness (QED) is 0.895. The molecule has 1 aliphatic heterocycles. The molecule has 0 atom stereocenters. The number of aryl methyl sites for hydroxylation is 1. The second-order valence-electron chi connectivity index (χ2n) is 5.91. The third-order valence-corrected chi connectivity index (χ3v) is 4.88. The highest BCUT2D eigenvalue weighted by molar-refractivity contribution is 6.33. The molecule has 2 rings (SSSR count). The number of amides is 2. The van der Waals surface area contributed by atoms with E-state index in [1.807, 2.05) is 25.1 Å². The van der Waals surface area contributed by atoms with Crippen LogP contribution in [-0.4, -0.2) is 35.7 Å². The van der Waals surface area contributed by atoms with Crippen LogP contribution in [0.2, 0.25) is 5.02 Å². The lowest BCUT2D eigenvalue weighted by Gasteiger charge is -2.40. The predicted octanol–water partition coefficient (Wildman–Crippen LogP) is 3.66. The third kappa shape index (κ3) is 3.69. The number of rotatable bonds is 3. The molecule has 1 heterocycles. The number of nitrogens with one attached hydrogen (secondary N) is 1. The minimum atomic E-state index is -0.122. The first-order valence-electron chi connectivity index (χ1n) is 7.42. The largest absolute Gasteiger partial charge is 0.396 e. The lowest BCUT2D eigenvalue weighted by molar-refractivity contribution is 0.0542. The number of hydrogen-bond donors (Lipinski definition) is 2. The highest BCUT2D eigenvalue weighted by Crippen LogP contribution is 2.34. The molecule has 21 heavy (non-hydrogen) atoms. The summed E-state index contributed by atoms with van der Waals surface area (Å²) in [6, 6.07) is 5.46. The number of halogens is 1. The number of benzene rings is 1. The lowest BCUT2D eigenvalue weighted by Crippen LogP contribution is -2.46. The standard InChI is InChI=1S/C16H23ClN2O2/c1-3-16(11-20)6-8-19(9-7-16)15(21)18-14-5-4-12(2)10-13(14)17/h4-5,10,20H,3,6-9,11H2,1-2H3,(H,18,21). The van der Waals surface area contributed by atoms with Crippen LogP contribution >= 0.6 is 11.6 Å². The summed E-state index contributed by atoms with van der Waals surface area (Å²) in [6.07, 6.45) is 2.63. The van der Waals surface area contributed by atoms with Crippen molar-refractivity contribution in [1.29, 1.82) is 0 Å². The molecule has 1 aromatic rings. The molecular formula is C16H23ClN2O2. The predicted molar refractivity (Wildman–Crippen MR) is 85.8 cm³/mol. The van der Waals surface area contributed by atoms with Crippen LogP contribution in [-0.2, 0) is 0 Å². The molecule has 0 bridgehead atoms. The average molecular weight is 311 g/mol. The van der Waals surface area contributed by atoms with Gasteiger partial charge >= 0.3 is 6.03 Å². The van der Waals surface area contributed by atoms with E-state index in [0.29, 0.717) is 23.8 Å². The van der Waals surface area contributed by atoms with Gasteiger partial charge < -0.3 is 15.3 Å². The molecule has 0 aromatic heterocycles. The van der Waals surface area contributed by atoms with E-state index in [4.69, 9.17) is 11.6 Å². The smallest absolute Gasteiger partial charge is 0.321 e. The molecule has 0 radical (unpaired) electrons. The second kappa shape index (κ2) is 6.67. The molecule has 1 saturated heterocycles. The van der Waals surface area contributed by atoms with Gasteiger partial charge in [0.15, 0.2) is 0 Å². The molecule has 4 nitrogen and oxygen atoms in total. The van der Waals surface area contributed by atoms with Crippen LogP contribution in [0.5, 0.6) is 0 Å². The molecule has 0 aliphatic carbocycles. The maximum Gasteiger partial charge on any atom is 0.321 e. The minimum absolute atomic E-state index is 0.0156. The van der Waals surface area contributed by atoms with E-state index < -0.39 is 0 Å². The Morgan fingerprint density at radius 2 is 2.10 bits per heavy atom. The van der Waals surface area contributed by atoms with Gasteiger partial charge in [-0.15, -0.1) is 0 Å². The van der Waals surface area contributed by atoms with Crippen LogP contribution in [0, 0.1) is 12.3 Å². The van der Waals surface area contributed by atoms with Crippen LogP contribution < -0.4 is 5.32 Å². The van der Waals surface area contributed by atoms with E-state index in [9.17, 15) is 9.90 Å². The normalized spacial score (nSPS) is 17.6. The van der Waals surface area contributed by atoms with E-state index in [2.05, 4.69) is 12.2 Å². The fourth-order valence-electron chi connectivity index (χ4n) is 2.72. The van der Waals surface area contributed by atoms with Crippen molar-refractivity contribution in [1.82, 2.24) is 4.90 Å². The summed E-state index contributed by atoms with van der Waals surface area (Å²) < 4.78 is 0. The van der Waals surface area contributed by atoms with Crippen molar-refractivity contribution in [2.24, 2.45) is 5.41 Å². The van der Waals surface area contributed by atoms with E-state index in [0.717, 1.165) is 24.8 Å². The number of hydrogen-bond acceptors (Lipinski definition) is 2. The molecule has 1 fully saturated rings. The Kier molecular flexibility index (Phi) is 5.12. The second-order valence-corrected chi connectivity index (χ2v) is 6.32. The number of carbonyl (C=O) groups excluding carboxylic acids is 1. The SMILES string of the molecule is CCC1(CO)CCN(C(=O)Nc2ccc(C)cc2Cl)CC1. The molecule has 5 heteroatoms. The van der Waals surface area contributed by atoms with Crippen LogP contribution in [0.1, 0.15) is 31.7 Å². The van der Waals surface area contributed by atoms with Gasteiger partial charge in [0.1, 0.15) is 0 Å². The number of urea groups is 1. The van der Waals surface area contributed by atoms with Crippen LogP contribution in [0.3, 0.4) is 0 Å². The number of anilines is 1. The lowest BCUT2D eigenvalue weighted by atomic mass is 9.77. The van der Waals surface area contributed by atoms with Gasteiger partial charge in [0.05, 0.1) is 10.7 Å². The zero-order valence-electron chi connectivity index (χ0n) is 12.7. The first kappa shape index (κ1) is 16.1. The summed E-state index contributed by atoms with van der Waals surface area (Å²) in [7, 11) is 0. The highest BCUT2D eigenvalue weighted by atomic mass is 35.5. The molecule has 0 spiro atoms. The van der Waals surface area contributed by atoms with Gasteiger partial charge in [-0.1, -0.05) is 24.6 Å². The van der Waals surface area contributed by atoms with E-state index in [1.165, 1.54) is 0 Å². The Balaban J connectivity index is 1.96. The molecule has 0 saturated carbocycles. The molecule has 1 aromatic carbocycles. The maximum atomic E-state index is 12.3. The molecular weight excluding hydrogens is 288 g/mol. The summed E-state index contributed by atoms with van der Waals surface area (Å²) in [4.78, 5) is 14.1. The zero-order valence-corrected chi connectivity index (χ0v) is 13.4. The van der Waals surface area contributed by atoms with Crippen molar-refractivity contribution < 1.29 is 9.90 Å². The van der Waals surface area contributed by atoms with Gasteiger partial charge in [0.25, 0.3) is 0 Å². The summed E-state index contributed by atoms with van der Waals surface area (Å²) in [5.74, 6) is 0. The van der Waals surface area contributed by atoms with Crippen LogP contribution in [0.4, 0.5) is 10.5 Å². The van der Waals surface area contributed by atoms with Gasteiger partial charge in [0, 0.05) is 19.7 Å².